The number of aromatic nitrogens is 1. The van der Waals surface area contributed by atoms with Crippen LogP contribution in [0.3, 0.4) is 0 Å². The molecular weight excluding hydrogens is 357 g/mol. The van der Waals surface area contributed by atoms with Crippen LogP contribution in [-0.2, 0) is 22.8 Å². The van der Waals surface area contributed by atoms with E-state index in [9.17, 15) is 18.0 Å². The Morgan fingerprint density at radius 1 is 1.15 bits per heavy atom. The lowest BCUT2D eigenvalue weighted by Gasteiger charge is -2.21. The van der Waals surface area contributed by atoms with E-state index in [0.717, 1.165) is 22.8 Å². The highest BCUT2D eigenvalue weighted by Crippen LogP contribution is 2.42. The molecule has 27 heavy (non-hydrogen) atoms. The second-order valence-corrected chi connectivity index (χ2v) is 6.73. The van der Waals surface area contributed by atoms with E-state index in [1.807, 2.05) is 24.3 Å². The number of nitrogens with zero attached hydrogens (tertiary/aromatic N) is 1. The number of halogens is 3. The zero-order chi connectivity index (χ0) is 19.2. The minimum Gasteiger partial charge on any atom is -0.456 e. The van der Waals surface area contributed by atoms with Crippen LogP contribution in [0, 0.1) is 0 Å². The number of furan rings is 1. The average molecular weight is 372 g/mol. The maximum atomic E-state index is 12.8. The fourth-order valence-electron chi connectivity index (χ4n) is 3.35. The summed E-state index contributed by atoms with van der Waals surface area (Å²) in [6.07, 6.45) is -1.15. The maximum absolute atomic E-state index is 12.8. The number of rotatable bonds is 3. The average Bonchev–Trinajstić information content (AvgIpc) is 3.19. The van der Waals surface area contributed by atoms with Crippen molar-refractivity contribution in [1.82, 2.24) is 4.98 Å². The van der Waals surface area contributed by atoms with Gasteiger partial charge in [-0.3, -0.25) is 9.78 Å². The Morgan fingerprint density at radius 3 is 2.63 bits per heavy atom. The Bertz CT molecular complexity index is 1010. The van der Waals surface area contributed by atoms with Gasteiger partial charge in [0.1, 0.15) is 5.76 Å². The van der Waals surface area contributed by atoms with Crippen LogP contribution in [0.2, 0.25) is 0 Å². The number of nitrogens with one attached hydrogen (secondary N) is 1. The first-order chi connectivity index (χ1) is 12.8. The summed E-state index contributed by atoms with van der Waals surface area (Å²) < 4.78 is 43.3. The van der Waals surface area contributed by atoms with E-state index < -0.39 is 17.4 Å². The van der Waals surface area contributed by atoms with Crippen LogP contribution in [0.1, 0.15) is 24.0 Å². The molecule has 1 amide bonds. The van der Waals surface area contributed by atoms with Crippen molar-refractivity contribution < 1.29 is 22.4 Å². The van der Waals surface area contributed by atoms with Crippen LogP contribution in [0.4, 0.5) is 18.9 Å². The summed E-state index contributed by atoms with van der Waals surface area (Å²) in [5, 5.41) is 2.81. The van der Waals surface area contributed by atoms with Crippen molar-refractivity contribution in [2.75, 3.05) is 5.32 Å². The highest BCUT2D eigenvalue weighted by atomic mass is 19.4. The topological polar surface area (TPSA) is 55.1 Å². The van der Waals surface area contributed by atoms with Gasteiger partial charge in [0.15, 0.2) is 0 Å². The van der Waals surface area contributed by atoms with Crippen LogP contribution in [-0.4, -0.2) is 10.9 Å². The molecular formula is C20H15F3N2O2. The number of fused-ring (bicyclic) bond motifs is 1. The number of benzene rings is 1. The molecule has 2 aromatic heterocycles. The van der Waals surface area contributed by atoms with E-state index in [2.05, 4.69) is 10.3 Å². The van der Waals surface area contributed by atoms with Gasteiger partial charge in [-0.1, -0.05) is 12.1 Å². The van der Waals surface area contributed by atoms with E-state index in [4.69, 9.17) is 4.42 Å². The molecule has 1 unspecified atom stereocenters. The van der Waals surface area contributed by atoms with Gasteiger partial charge in [0.25, 0.3) is 0 Å². The zero-order valence-corrected chi connectivity index (χ0v) is 14.3. The van der Waals surface area contributed by atoms with Crippen LogP contribution in [0.15, 0.2) is 59.3 Å². The lowest BCUT2D eigenvalue weighted by Crippen LogP contribution is -2.33. The highest BCUT2D eigenvalue weighted by Gasteiger charge is 2.44. The van der Waals surface area contributed by atoms with Crippen LogP contribution >= 0.6 is 0 Å². The van der Waals surface area contributed by atoms with Crippen molar-refractivity contribution in [2.45, 2.75) is 24.9 Å². The number of hydrogen-bond donors (Lipinski definition) is 1. The van der Waals surface area contributed by atoms with Crippen molar-refractivity contribution in [1.29, 1.82) is 0 Å². The minimum atomic E-state index is -4.55. The van der Waals surface area contributed by atoms with Crippen molar-refractivity contribution in [2.24, 2.45) is 0 Å². The molecule has 0 aliphatic carbocycles. The number of alkyl halides is 3. The van der Waals surface area contributed by atoms with Crippen molar-refractivity contribution >= 4 is 11.6 Å². The summed E-state index contributed by atoms with van der Waals surface area (Å²) in [5.41, 5.74) is 2.10. The van der Waals surface area contributed by atoms with Gasteiger partial charge < -0.3 is 9.73 Å². The van der Waals surface area contributed by atoms with Gasteiger partial charge in [-0.05, 0) is 53.9 Å². The van der Waals surface area contributed by atoms with E-state index in [0.29, 0.717) is 5.69 Å². The standard InChI is InChI=1S/C20H15F3N2O2/c1-19(10-14-5-7-17(27-14)20(21,22)23)15-9-12(13-3-2-8-24-11-13)4-6-16(15)25-18(19)26/h2-9,11H,10H2,1H3,(H,25,26). The van der Waals surface area contributed by atoms with Gasteiger partial charge in [-0.2, -0.15) is 13.2 Å². The lowest BCUT2D eigenvalue weighted by atomic mass is 9.79. The van der Waals surface area contributed by atoms with Crippen LogP contribution < -0.4 is 5.32 Å². The van der Waals surface area contributed by atoms with Gasteiger partial charge >= 0.3 is 6.18 Å². The first kappa shape index (κ1) is 17.3. The molecule has 0 spiro atoms. The molecule has 138 valence electrons. The fraction of sp³-hybridized carbons (Fsp3) is 0.200. The van der Waals surface area contributed by atoms with Gasteiger partial charge in [0.05, 0.1) is 5.41 Å². The number of hydrogen-bond acceptors (Lipinski definition) is 3. The molecule has 7 heteroatoms. The van der Waals surface area contributed by atoms with E-state index in [1.54, 1.807) is 25.4 Å². The second kappa shape index (κ2) is 5.97. The summed E-state index contributed by atoms with van der Waals surface area (Å²) in [5.74, 6) is -1.23. The molecule has 0 bridgehead atoms. The number of carbonyl (C=O) groups excluding carboxylic acids is 1. The molecule has 0 saturated carbocycles. The SMILES string of the molecule is CC1(Cc2ccc(C(F)(F)F)o2)C(=O)Nc2ccc(-c3cccnc3)cc21. The first-order valence-electron chi connectivity index (χ1n) is 8.30. The Morgan fingerprint density at radius 2 is 1.96 bits per heavy atom. The first-order valence-corrected chi connectivity index (χ1v) is 8.30. The minimum absolute atomic E-state index is 0.0262. The molecule has 1 aliphatic heterocycles. The molecule has 1 aromatic carbocycles. The Kier molecular flexibility index (Phi) is 3.83. The van der Waals surface area contributed by atoms with Gasteiger partial charge in [0, 0.05) is 24.5 Å². The van der Waals surface area contributed by atoms with E-state index in [-0.39, 0.29) is 18.1 Å². The molecule has 1 N–H and O–H groups in total. The predicted octanol–water partition coefficient (Wildman–Crippen LogP) is 4.81. The summed E-state index contributed by atoms with van der Waals surface area (Å²) in [4.78, 5) is 16.7. The van der Waals surface area contributed by atoms with Crippen molar-refractivity contribution in [3.05, 3.63) is 71.9 Å². The molecule has 0 fully saturated rings. The summed E-state index contributed by atoms with van der Waals surface area (Å²) in [6, 6.07) is 11.4. The largest absolute Gasteiger partial charge is 0.456 e. The third kappa shape index (κ3) is 2.99. The van der Waals surface area contributed by atoms with Gasteiger partial charge in [-0.15, -0.1) is 0 Å². The summed E-state index contributed by atoms with van der Waals surface area (Å²) >= 11 is 0. The Labute approximate surface area is 153 Å². The van der Waals surface area contributed by atoms with E-state index >= 15 is 0 Å². The van der Waals surface area contributed by atoms with Crippen LogP contribution in [0.25, 0.3) is 11.1 Å². The number of anilines is 1. The molecule has 0 saturated heterocycles. The number of pyridine rings is 1. The molecule has 1 aliphatic rings. The smallest absolute Gasteiger partial charge is 0.449 e. The fourth-order valence-corrected chi connectivity index (χ4v) is 3.35. The van der Waals surface area contributed by atoms with Crippen LogP contribution in [0.5, 0.6) is 0 Å². The molecule has 4 nitrogen and oxygen atoms in total. The highest BCUT2D eigenvalue weighted by molar-refractivity contribution is 6.06. The number of carbonyl (C=O) groups is 1. The summed E-state index contributed by atoms with van der Waals surface area (Å²) in [6.45, 7) is 1.71. The normalized spacial score (nSPS) is 19.0. The second-order valence-electron chi connectivity index (χ2n) is 6.73. The van der Waals surface area contributed by atoms with Gasteiger partial charge in [0.2, 0.25) is 11.7 Å². The molecule has 1 atom stereocenters. The Hall–Kier alpha value is -3.09. The molecule has 4 rings (SSSR count). The molecule has 3 aromatic rings. The predicted molar refractivity (Wildman–Crippen MR) is 93.1 cm³/mol. The third-order valence-electron chi connectivity index (χ3n) is 4.83. The summed E-state index contributed by atoms with van der Waals surface area (Å²) in [7, 11) is 0. The van der Waals surface area contributed by atoms with Crippen molar-refractivity contribution in [3.63, 3.8) is 0 Å². The maximum Gasteiger partial charge on any atom is 0.449 e. The van der Waals surface area contributed by atoms with E-state index in [1.165, 1.54) is 6.07 Å². The van der Waals surface area contributed by atoms with Crippen molar-refractivity contribution in [3.8, 4) is 11.1 Å². The molecule has 3 heterocycles. The Balaban J connectivity index is 1.72. The van der Waals surface area contributed by atoms with Gasteiger partial charge in [-0.25, -0.2) is 0 Å². The quantitative estimate of drug-likeness (QED) is 0.718. The monoisotopic (exact) mass is 372 g/mol. The molecule has 0 radical (unpaired) electrons. The lowest BCUT2D eigenvalue weighted by molar-refractivity contribution is -0.153. The third-order valence-corrected chi connectivity index (χ3v) is 4.83. The number of amides is 1. The zero-order valence-electron chi connectivity index (χ0n) is 14.3.